The molecule has 1 saturated carbocycles. The number of aromatic nitrogens is 3. The van der Waals surface area contributed by atoms with Crippen LogP contribution in [0.15, 0.2) is 16.9 Å². The summed E-state index contributed by atoms with van der Waals surface area (Å²) in [6, 6.07) is 3.57. The number of piperidine rings is 1. The predicted octanol–water partition coefficient (Wildman–Crippen LogP) is 1.35. The summed E-state index contributed by atoms with van der Waals surface area (Å²) in [7, 11) is 2.02. The summed E-state index contributed by atoms with van der Waals surface area (Å²) in [6.07, 6.45) is 4.09. The Morgan fingerprint density at radius 3 is 2.85 bits per heavy atom. The van der Waals surface area contributed by atoms with E-state index in [1.165, 1.54) is 0 Å². The minimum absolute atomic E-state index is 0.0656. The highest BCUT2D eigenvalue weighted by Crippen LogP contribution is 2.39. The van der Waals surface area contributed by atoms with Gasteiger partial charge in [-0.15, -0.1) is 0 Å². The quantitative estimate of drug-likeness (QED) is 0.856. The molecule has 0 bridgehead atoms. The molecule has 2 aliphatic rings. The molecule has 3 heterocycles. The molecule has 1 N–H and O–H groups in total. The molecule has 1 atom stereocenters. The minimum Gasteiger partial charge on any atom is -0.350 e. The van der Waals surface area contributed by atoms with Gasteiger partial charge in [0.1, 0.15) is 24.4 Å². The third-order valence-corrected chi connectivity index (χ3v) is 5.30. The summed E-state index contributed by atoms with van der Waals surface area (Å²) >= 11 is 0. The zero-order chi connectivity index (χ0) is 19.0. The maximum absolute atomic E-state index is 13.5. The van der Waals surface area contributed by atoms with Crippen molar-refractivity contribution < 1.29 is 9.18 Å². The molecule has 0 radical (unpaired) electrons. The molecule has 1 saturated heterocycles. The summed E-state index contributed by atoms with van der Waals surface area (Å²) in [5.41, 5.74) is 0.901. The van der Waals surface area contributed by atoms with Crippen molar-refractivity contribution in [1.82, 2.24) is 25.0 Å². The second kappa shape index (κ2) is 7.34. The molecule has 1 aliphatic heterocycles. The van der Waals surface area contributed by atoms with Gasteiger partial charge in [-0.1, -0.05) is 0 Å². The standard InChI is InChI=1S/C19H24FN5O2/c1-24-8-2-3-13(10-24)21-17(26)11-25-19(27)14-6-7-15(12-4-5-12)22-18(14)16(9-20)23-25/h6-7,12-13H,2-5,8-11H2,1H3,(H,21,26)/t13-/m1/s1. The van der Waals surface area contributed by atoms with Crippen LogP contribution >= 0.6 is 0 Å². The zero-order valence-corrected chi connectivity index (χ0v) is 15.4. The number of alkyl halides is 1. The molecule has 0 aromatic carbocycles. The van der Waals surface area contributed by atoms with Crippen molar-refractivity contribution in [3.8, 4) is 0 Å². The lowest BCUT2D eigenvalue weighted by Crippen LogP contribution is -2.47. The summed E-state index contributed by atoms with van der Waals surface area (Å²) in [5.74, 6) is 0.125. The van der Waals surface area contributed by atoms with Crippen LogP contribution in [0.2, 0.25) is 0 Å². The van der Waals surface area contributed by atoms with E-state index >= 15 is 0 Å². The summed E-state index contributed by atoms with van der Waals surface area (Å²) in [5, 5.41) is 7.35. The summed E-state index contributed by atoms with van der Waals surface area (Å²) < 4.78 is 14.6. The number of rotatable bonds is 5. The van der Waals surface area contributed by atoms with Crippen LogP contribution in [0, 0.1) is 0 Å². The van der Waals surface area contributed by atoms with E-state index in [1.54, 1.807) is 6.07 Å². The van der Waals surface area contributed by atoms with Gasteiger partial charge in [-0.05, 0) is 51.4 Å². The molecule has 0 spiro atoms. The molecule has 144 valence electrons. The number of pyridine rings is 1. The van der Waals surface area contributed by atoms with E-state index in [9.17, 15) is 14.0 Å². The van der Waals surface area contributed by atoms with Crippen molar-refractivity contribution in [1.29, 1.82) is 0 Å². The van der Waals surface area contributed by atoms with Gasteiger partial charge in [-0.2, -0.15) is 5.10 Å². The number of amides is 1. The second-order valence-electron chi connectivity index (χ2n) is 7.62. The number of carbonyl (C=O) groups is 1. The van der Waals surface area contributed by atoms with Crippen LogP contribution in [0.4, 0.5) is 4.39 Å². The number of nitrogens with one attached hydrogen (secondary N) is 1. The molecule has 7 nitrogen and oxygen atoms in total. The lowest BCUT2D eigenvalue weighted by Gasteiger charge is -2.30. The Morgan fingerprint density at radius 2 is 2.15 bits per heavy atom. The van der Waals surface area contributed by atoms with Crippen LogP contribution in [-0.4, -0.2) is 51.8 Å². The molecule has 27 heavy (non-hydrogen) atoms. The third kappa shape index (κ3) is 3.85. The van der Waals surface area contributed by atoms with Crippen LogP contribution in [-0.2, 0) is 18.0 Å². The Hall–Kier alpha value is -2.35. The fourth-order valence-electron chi connectivity index (χ4n) is 3.74. The first-order valence-corrected chi connectivity index (χ1v) is 9.49. The SMILES string of the molecule is CN1CCC[C@@H](NC(=O)Cn2nc(CF)c3nc(C4CC4)ccc3c2=O)C1. The van der Waals surface area contributed by atoms with Gasteiger partial charge in [0.05, 0.1) is 5.39 Å². The Kier molecular flexibility index (Phi) is 4.90. The highest BCUT2D eigenvalue weighted by Gasteiger charge is 2.26. The molecule has 2 aromatic rings. The number of halogens is 1. The van der Waals surface area contributed by atoms with Crippen LogP contribution in [0.25, 0.3) is 10.9 Å². The molecular formula is C19H24FN5O2. The predicted molar refractivity (Wildman–Crippen MR) is 99.2 cm³/mol. The third-order valence-electron chi connectivity index (χ3n) is 5.30. The van der Waals surface area contributed by atoms with Gasteiger partial charge in [0.15, 0.2) is 0 Å². The smallest absolute Gasteiger partial charge is 0.276 e. The average Bonchev–Trinajstić information content (AvgIpc) is 3.49. The average molecular weight is 373 g/mol. The van der Waals surface area contributed by atoms with Gasteiger partial charge < -0.3 is 10.2 Å². The first-order valence-electron chi connectivity index (χ1n) is 9.49. The number of carbonyl (C=O) groups excluding carboxylic acids is 1. The first-order chi connectivity index (χ1) is 13.0. The van der Waals surface area contributed by atoms with Crippen molar-refractivity contribution in [3.63, 3.8) is 0 Å². The topological polar surface area (TPSA) is 80.1 Å². The molecule has 2 aromatic heterocycles. The van der Waals surface area contributed by atoms with E-state index in [2.05, 4.69) is 20.3 Å². The van der Waals surface area contributed by atoms with E-state index < -0.39 is 12.2 Å². The maximum Gasteiger partial charge on any atom is 0.276 e. The molecule has 1 aliphatic carbocycles. The van der Waals surface area contributed by atoms with E-state index in [1.807, 2.05) is 13.1 Å². The van der Waals surface area contributed by atoms with Crippen molar-refractivity contribution in [2.75, 3.05) is 20.1 Å². The van der Waals surface area contributed by atoms with E-state index in [-0.39, 0.29) is 24.2 Å². The van der Waals surface area contributed by atoms with Gasteiger partial charge in [0.2, 0.25) is 5.91 Å². The fraction of sp³-hybridized carbons (Fsp3) is 0.579. The number of fused-ring (bicyclic) bond motifs is 1. The highest BCUT2D eigenvalue weighted by molar-refractivity contribution is 5.80. The summed E-state index contributed by atoms with van der Waals surface area (Å²) in [4.78, 5) is 31.7. The van der Waals surface area contributed by atoms with Crippen molar-refractivity contribution >= 4 is 16.8 Å². The van der Waals surface area contributed by atoms with Gasteiger partial charge in [0, 0.05) is 24.2 Å². The maximum atomic E-state index is 13.5. The van der Waals surface area contributed by atoms with Gasteiger partial charge in [0.25, 0.3) is 5.56 Å². The van der Waals surface area contributed by atoms with Gasteiger partial charge in [-0.3, -0.25) is 14.6 Å². The van der Waals surface area contributed by atoms with E-state index in [0.717, 1.165) is 49.1 Å². The van der Waals surface area contributed by atoms with Crippen molar-refractivity contribution in [3.05, 3.63) is 33.9 Å². The molecule has 1 amide bonds. The first kappa shape index (κ1) is 18.0. The van der Waals surface area contributed by atoms with Gasteiger partial charge >= 0.3 is 0 Å². The lowest BCUT2D eigenvalue weighted by molar-refractivity contribution is -0.123. The molecule has 4 rings (SSSR count). The van der Waals surface area contributed by atoms with E-state index in [0.29, 0.717) is 16.8 Å². The van der Waals surface area contributed by atoms with Crippen molar-refractivity contribution in [2.45, 2.75) is 50.9 Å². The number of hydrogen-bond acceptors (Lipinski definition) is 5. The van der Waals surface area contributed by atoms with Crippen LogP contribution in [0.1, 0.15) is 43.0 Å². The molecule has 0 unspecified atom stereocenters. The highest BCUT2D eigenvalue weighted by atomic mass is 19.1. The van der Waals surface area contributed by atoms with Crippen LogP contribution in [0.3, 0.4) is 0 Å². The Bertz CT molecular complexity index is 924. The summed E-state index contributed by atoms with van der Waals surface area (Å²) in [6.45, 7) is 0.766. The monoisotopic (exact) mass is 373 g/mol. The van der Waals surface area contributed by atoms with Crippen LogP contribution < -0.4 is 10.9 Å². The number of likely N-dealkylation sites (N-methyl/N-ethyl adjacent to an activating group) is 1. The largest absolute Gasteiger partial charge is 0.350 e. The Balaban J connectivity index is 1.58. The normalized spacial score (nSPS) is 20.7. The number of nitrogens with zero attached hydrogens (tertiary/aromatic N) is 4. The molecular weight excluding hydrogens is 349 g/mol. The second-order valence-corrected chi connectivity index (χ2v) is 7.62. The van der Waals surface area contributed by atoms with E-state index in [4.69, 9.17) is 0 Å². The minimum atomic E-state index is -0.826. The molecule has 2 fully saturated rings. The van der Waals surface area contributed by atoms with Gasteiger partial charge in [-0.25, -0.2) is 9.07 Å². The Labute approximate surface area is 156 Å². The zero-order valence-electron chi connectivity index (χ0n) is 15.4. The number of hydrogen-bond donors (Lipinski definition) is 1. The van der Waals surface area contributed by atoms with Crippen molar-refractivity contribution in [2.24, 2.45) is 0 Å². The number of likely N-dealkylation sites (tertiary alicyclic amines) is 1. The van der Waals surface area contributed by atoms with Crippen LogP contribution in [0.5, 0.6) is 0 Å². The molecule has 8 heteroatoms. The fourth-order valence-corrected chi connectivity index (χ4v) is 3.74. The Morgan fingerprint density at radius 1 is 1.33 bits per heavy atom. The lowest BCUT2D eigenvalue weighted by atomic mass is 10.1.